The van der Waals surface area contributed by atoms with Gasteiger partial charge in [0, 0.05) is 45.1 Å². The van der Waals surface area contributed by atoms with Crippen LogP contribution in [0.5, 0.6) is 5.75 Å². The van der Waals surface area contributed by atoms with Crippen molar-refractivity contribution in [2.75, 3.05) is 44.7 Å². The van der Waals surface area contributed by atoms with E-state index in [2.05, 4.69) is 35.8 Å². The molecule has 8 nitrogen and oxygen atoms in total. The fourth-order valence-electron chi connectivity index (χ4n) is 4.48. The number of ether oxygens (including phenoxy) is 1. The summed E-state index contributed by atoms with van der Waals surface area (Å²) in [6.45, 7) is 8.77. The van der Waals surface area contributed by atoms with Crippen molar-refractivity contribution in [2.24, 2.45) is 0 Å². The molecule has 0 spiro atoms. The van der Waals surface area contributed by atoms with E-state index < -0.39 is 22.8 Å². The van der Waals surface area contributed by atoms with Gasteiger partial charge in [0.15, 0.2) is 11.6 Å². The van der Waals surface area contributed by atoms with E-state index >= 15 is 4.39 Å². The quantitative estimate of drug-likeness (QED) is 0.752. The molecule has 0 aliphatic carbocycles. The van der Waals surface area contributed by atoms with E-state index in [1.807, 2.05) is 4.90 Å². The van der Waals surface area contributed by atoms with Crippen LogP contribution in [0.4, 0.5) is 10.1 Å². The Kier molecular flexibility index (Phi) is 4.94. The Morgan fingerprint density at radius 3 is 2.66 bits per heavy atom. The van der Waals surface area contributed by atoms with E-state index in [0.29, 0.717) is 30.0 Å². The number of carboxylic acid groups (broad SMARTS) is 1. The number of carboxylic acids is 1. The van der Waals surface area contributed by atoms with Gasteiger partial charge in [0.05, 0.1) is 11.1 Å². The van der Waals surface area contributed by atoms with Crippen LogP contribution in [-0.2, 0) is 0 Å². The third-order valence-corrected chi connectivity index (χ3v) is 7.65. The van der Waals surface area contributed by atoms with Gasteiger partial charge < -0.3 is 24.2 Å². The maximum atomic E-state index is 15.4. The van der Waals surface area contributed by atoms with Gasteiger partial charge >= 0.3 is 5.97 Å². The second kappa shape index (κ2) is 7.56. The Morgan fingerprint density at radius 2 is 2.03 bits per heavy atom. The lowest BCUT2D eigenvalue weighted by molar-refractivity contribution is 0.0695. The summed E-state index contributed by atoms with van der Waals surface area (Å²) in [6.07, 6.45) is 1.25. The Balaban J connectivity index is 1.53. The average molecular weight is 459 g/mol. The van der Waals surface area contributed by atoms with E-state index in [4.69, 9.17) is 4.74 Å². The molecule has 5 rings (SSSR count). The molecular formula is C22H23FN4O4S. The van der Waals surface area contributed by atoms with Crippen molar-refractivity contribution >= 4 is 40.0 Å². The molecule has 32 heavy (non-hydrogen) atoms. The molecule has 0 amide bonds. The lowest BCUT2D eigenvalue weighted by Crippen LogP contribution is -2.52. The molecule has 168 valence electrons. The number of halogens is 1. The summed E-state index contributed by atoms with van der Waals surface area (Å²) in [7, 11) is 2.07. The number of anilines is 1. The maximum absolute atomic E-state index is 15.4. The third-order valence-electron chi connectivity index (χ3n) is 6.32. The molecule has 1 aromatic carbocycles. The van der Waals surface area contributed by atoms with Gasteiger partial charge in [-0.2, -0.15) is 0 Å². The number of hydrogen-bond acceptors (Lipinski definition) is 7. The molecule has 1 aromatic heterocycles. The predicted molar refractivity (Wildman–Crippen MR) is 123 cm³/mol. The van der Waals surface area contributed by atoms with Crippen LogP contribution in [0.2, 0.25) is 0 Å². The molecule has 1 unspecified atom stereocenters. The first-order valence-electron chi connectivity index (χ1n) is 10.3. The van der Waals surface area contributed by atoms with Crippen LogP contribution < -0.4 is 15.1 Å². The highest BCUT2D eigenvalue weighted by molar-refractivity contribution is 8.02. The van der Waals surface area contributed by atoms with Gasteiger partial charge in [0.25, 0.3) is 0 Å². The van der Waals surface area contributed by atoms with Crippen LogP contribution in [0.25, 0.3) is 16.6 Å². The number of carbonyl (C=O) groups is 1. The van der Waals surface area contributed by atoms with Crippen molar-refractivity contribution in [2.45, 2.75) is 12.4 Å². The van der Waals surface area contributed by atoms with Crippen LogP contribution in [0.15, 0.2) is 34.7 Å². The van der Waals surface area contributed by atoms with Crippen molar-refractivity contribution in [1.29, 1.82) is 0 Å². The van der Waals surface area contributed by atoms with Crippen LogP contribution in [0.3, 0.4) is 0 Å². The summed E-state index contributed by atoms with van der Waals surface area (Å²) in [6, 6.07) is 1.13. The minimum Gasteiger partial charge on any atom is -0.483 e. The first kappa shape index (κ1) is 20.9. The summed E-state index contributed by atoms with van der Waals surface area (Å²) >= 11 is 1.77. The maximum Gasteiger partial charge on any atom is 0.341 e. The molecule has 3 aliphatic rings. The normalized spacial score (nSPS) is 21.2. The molecule has 1 fully saturated rings. The fourth-order valence-corrected chi connectivity index (χ4v) is 5.70. The van der Waals surface area contributed by atoms with E-state index in [1.54, 1.807) is 11.8 Å². The number of rotatable bonds is 3. The zero-order chi connectivity index (χ0) is 22.7. The molecule has 0 bridgehead atoms. The van der Waals surface area contributed by atoms with Gasteiger partial charge in [0.2, 0.25) is 5.43 Å². The highest BCUT2D eigenvalue weighted by Gasteiger charge is 2.33. The van der Waals surface area contributed by atoms with Crippen molar-refractivity contribution in [1.82, 2.24) is 14.4 Å². The smallest absolute Gasteiger partial charge is 0.341 e. The van der Waals surface area contributed by atoms with Gasteiger partial charge in [-0.3, -0.25) is 9.69 Å². The largest absolute Gasteiger partial charge is 0.483 e. The minimum atomic E-state index is -1.36. The Hall–Kier alpha value is -2.98. The van der Waals surface area contributed by atoms with E-state index in [9.17, 15) is 14.7 Å². The van der Waals surface area contributed by atoms with Gasteiger partial charge in [-0.05, 0) is 18.4 Å². The molecule has 3 aliphatic heterocycles. The summed E-state index contributed by atoms with van der Waals surface area (Å²) in [4.78, 5) is 30.8. The number of aromatic carboxylic acids is 1. The summed E-state index contributed by atoms with van der Waals surface area (Å²) in [5.41, 5.74) is 1.45. The molecular weight excluding hydrogens is 435 g/mol. The van der Waals surface area contributed by atoms with Gasteiger partial charge in [-0.15, -0.1) is 0 Å². The van der Waals surface area contributed by atoms with Crippen molar-refractivity contribution in [3.05, 3.63) is 51.6 Å². The molecule has 1 N–H and O–H groups in total. The number of allylic oxidation sites excluding steroid dienone is 1. The van der Waals surface area contributed by atoms with Gasteiger partial charge in [-0.25, -0.2) is 9.18 Å². The van der Waals surface area contributed by atoms with E-state index in [-0.39, 0.29) is 23.2 Å². The monoisotopic (exact) mass is 458 g/mol. The van der Waals surface area contributed by atoms with Crippen LogP contribution in [0, 0.1) is 5.82 Å². The van der Waals surface area contributed by atoms with Crippen molar-refractivity contribution in [3.63, 3.8) is 0 Å². The Bertz CT molecular complexity index is 1250. The highest BCUT2D eigenvalue weighted by Crippen LogP contribution is 2.42. The topological polar surface area (TPSA) is 78.2 Å². The number of aromatic nitrogens is 1. The number of piperazine rings is 1. The molecule has 1 saturated heterocycles. The predicted octanol–water partition coefficient (Wildman–Crippen LogP) is 2.65. The molecule has 10 heteroatoms. The lowest BCUT2D eigenvalue weighted by atomic mass is 10.1. The first-order valence-corrected chi connectivity index (χ1v) is 11.2. The zero-order valence-electron chi connectivity index (χ0n) is 17.8. The Labute approximate surface area is 188 Å². The number of nitrogens with zero attached hydrogens (tertiary/aromatic N) is 4. The molecule has 1 atom stereocenters. The number of benzene rings is 1. The van der Waals surface area contributed by atoms with Crippen LogP contribution in [-0.4, -0.2) is 70.8 Å². The van der Waals surface area contributed by atoms with Crippen molar-refractivity contribution in [3.8, 4) is 5.75 Å². The SMILES string of the molecule is C=C1COc2c(N3CCN(C4SC=C(C)N4C)CC3)c(F)cc3c(=O)c(C(=O)O)cn1c23. The van der Waals surface area contributed by atoms with E-state index in [1.165, 1.54) is 16.5 Å². The van der Waals surface area contributed by atoms with Gasteiger partial charge in [-0.1, -0.05) is 18.3 Å². The second-order valence-electron chi connectivity index (χ2n) is 8.19. The number of hydrogen-bond donors (Lipinski definition) is 1. The summed E-state index contributed by atoms with van der Waals surface area (Å²) in [5, 5.41) is 11.5. The lowest BCUT2D eigenvalue weighted by Gasteiger charge is -2.42. The molecule has 4 heterocycles. The van der Waals surface area contributed by atoms with Crippen LogP contribution >= 0.6 is 11.8 Å². The number of thioether (sulfide) groups is 1. The van der Waals surface area contributed by atoms with Gasteiger partial charge in [0.1, 0.15) is 28.9 Å². The van der Waals surface area contributed by atoms with Crippen molar-refractivity contribution < 1.29 is 19.0 Å². The third kappa shape index (κ3) is 3.08. The highest BCUT2D eigenvalue weighted by atomic mass is 32.2. The molecule has 0 saturated carbocycles. The fraction of sp³-hybridized carbons (Fsp3) is 0.364. The van der Waals surface area contributed by atoms with E-state index in [0.717, 1.165) is 19.2 Å². The molecule has 0 radical (unpaired) electrons. The Morgan fingerprint density at radius 1 is 1.31 bits per heavy atom. The molecule has 2 aromatic rings. The van der Waals surface area contributed by atoms with Crippen LogP contribution in [0.1, 0.15) is 17.3 Å². The summed E-state index contributed by atoms with van der Waals surface area (Å²) in [5.74, 6) is -1.69. The first-order chi connectivity index (χ1) is 15.3. The number of pyridine rings is 1. The zero-order valence-corrected chi connectivity index (χ0v) is 18.6. The summed E-state index contributed by atoms with van der Waals surface area (Å²) < 4.78 is 22.8. The average Bonchev–Trinajstić information content (AvgIpc) is 3.10. The second-order valence-corrected chi connectivity index (χ2v) is 9.12. The minimum absolute atomic E-state index is 0.0221. The standard InChI is InChI=1S/C22H23FN4O4S/c1-12-10-31-20-17-14(19(28)15(21(29)30)9-27(12)17)8-16(23)18(20)25-4-6-26(7-5-25)22-24(3)13(2)11-32-22/h8-9,11,22H,1,4-7,10H2,2-3H3,(H,29,30).